The van der Waals surface area contributed by atoms with E-state index in [1.807, 2.05) is 0 Å². The van der Waals surface area contributed by atoms with Crippen LogP contribution < -0.4 is 65.1 Å². The molecule has 26 nitrogen and oxygen atoms in total. The van der Waals surface area contributed by atoms with E-state index in [9.17, 15) is 68.1 Å². The van der Waals surface area contributed by atoms with Crippen LogP contribution >= 0.6 is 12.6 Å². The third-order valence-electron chi connectivity index (χ3n) is 10.7. The van der Waals surface area contributed by atoms with E-state index in [0.29, 0.717) is 36.8 Å². The number of aldehydes is 1. The Kier molecular flexibility index (Phi) is 27.0. The molecule has 0 aromatic heterocycles. The minimum absolute atomic E-state index is 0.0480. The van der Waals surface area contributed by atoms with Crippen molar-refractivity contribution in [3.8, 4) is 11.5 Å². The molecule has 73 heavy (non-hydrogen) atoms. The third-order valence-corrected chi connectivity index (χ3v) is 11.1. The zero-order chi connectivity index (χ0) is 54.8. The lowest BCUT2D eigenvalue weighted by atomic mass is 10.0. The van der Waals surface area contributed by atoms with Gasteiger partial charge in [0.2, 0.25) is 59.1 Å². The molecule has 2 aromatic carbocycles. The summed E-state index contributed by atoms with van der Waals surface area (Å²) in [6.45, 7) is 2.66. The van der Waals surface area contributed by atoms with Gasteiger partial charge in [0.15, 0.2) is 0 Å². The highest BCUT2D eigenvalue weighted by Crippen LogP contribution is 2.14. The summed E-state index contributed by atoms with van der Waals surface area (Å²) in [4.78, 5) is 142. The first kappa shape index (κ1) is 61.8. The minimum atomic E-state index is -1.69. The van der Waals surface area contributed by atoms with Gasteiger partial charge in [-0.3, -0.25) is 47.9 Å². The highest BCUT2D eigenvalue weighted by Gasteiger charge is 2.34. The summed E-state index contributed by atoms with van der Waals surface area (Å²) in [5, 5.41) is 51.3. The topological polar surface area (TPSA) is 435 Å². The Morgan fingerprint density at radius 3 is 1.53 bits per heavy atom. The number of amides is 10. The van der Waals surface area contributed by atoms with E-state index in [0.717, 1.165) is 0 Å². The first-order valence-electron chi connectivity index (χ1n) is 23.2. The zero-order valence-corrected chi connectivity index (χ0v) is 41.6. The fourth-order valence-corrected chi connectivity index (χ4v) is 6.97. The van der Waals surface area contributed by atoms with Crippen LogP contribution in [-0.2, 0) is 65.6 Å². The Labute approximate surface area is 426 Å². The number of unbranched alkanes of at least 4 members (excludes halogenated alkanes) is 1. The summed E-state index contributed by atoms with van der Waals surface area (Å²) >= 11 is 4.02. The normalized spacial score (nSPS) is 14.2. The molecule has 18 N–H and O–H groups in total. The van der Waals surface area contributed by atoms with Crippen LogP contribution in [-0.4, -0.2) is 161 Å². The molecular weight excluding hydrogens is 977 g/mol. The van der Waals surface area contributed by atoms with E-state index in [1.165, 1.54) is 69.3 Å². The van der Waals surface area contributed by atoms with Crippen LogP contribution in [0.1, 0.15) is 57.6 Å². The van der Waals surface area contributed by atoms with E-state index in [-0.39, 0.29) is 43.1 Å². The number of aliphatic hydroxyl groups excluding tert-OH is 1. The number of phenols is 2. The molecule has 2 rings (SSSR count). The summed E-state index contributed by atoms with van der Waals surface area (Å²) in [5.74, 6) is -10.2. The second-order valence-corrected chi connectivity index (χ2v) is 17.5. The Bertz CT molecular complexity index is 2220. The Morgan fingerprint density at radius 1 is 0.589 bits per heavy atom. The van der Waals surface area contributed by atoms with Gasteiger partial charge in [0, 0.05) is 18.6 Å². The average molecular weight is 1050 g/mol. The number of thiol groups is 1. The van der Waals surface area contributed by atoms with Gasteiger partial charge in [0.05, 0.1) is 38.2 Å². The number of rotatable bonds is 32. The number of hydrogen-bond acceptors (Lipinski definition) is 17. The predicted molar refractivity (Wildman–Crippen MR) is 265 cm³/mol. The molecule has 0 saturated carbocycles. The van der Waals surface area contributed by atoms with Gasteiger partial charge in [-0.1, -0.05) is 44.5 Å². The summed E-state index contributed by atoms with van der Waals surface area (Å²) in [7, 11) is 0. The van der Waals surface area contributed by atoms with Gasteiger partial charge in [-0.25, -0.2) is 0 Å². The molecule has 2 aromatic rings. The first-order chi connectivity index (χ1) is 34.5. The molecule has 0 spiro atoms. The van der Waals surface area contributed by atoms with Crippen LogP contribution in [0.2, 0.25) is 0 Å². The molecule has 402 valence electrons. The molecule has 8 atom stereocenters. The Morgan fingerprint density at radius 2 is 1.05 bits per heavy atom. The van der Waals surface area contributed by atoms with Crippen LogP contribution in [0.5, 0.6) is 11.5 Å². The van der Waals surface area contributed by atoms with Gasteiger partial charge in [0.1, 0.15) is 54.0 Å². The molecule has 0 bridgehead atoms. The second kappa shape index (κ2) is 31.9. The molecule has 0 aliphatic heterocycles. The van der Waals surface area contributed by atoms with Crippen molar-refractivity contribution >= 4 is 78.0 Å². The fraction of sp³-hybridized carbons (Fsp3) is 0.500. The van der Waals surface area contributed by atoms with Crippen LogP contribution in [0.25, 0.3) is 0 Å². The Hall–Kier alpha value is -7.36. The van der Waals surface area contributed by atoms with Crippen LogP contribution in [0.15, 0.2) is 48.5 Å². The largest absolute Gasteiger partial charge is 0.508 e. The first-order valence-corrected chi connectivity index (χ1v) is 23.8. The van der Waals surface area contributed by atoms with Gasteiger partial charge >= 0.3 is 0 Å². The standard InChI is InChI=1S/C46H68N12O14S/c1-24(2)38(45(71)58-39(25(3)60)46(72)56-34(23-73)43(69)50-16-17-59)57-37(65)22-52-42(68)33(20-35(49)63)53-36(64)21-51-41(67)31(18-26-7-11-28(61)12-8-26)55-44(70)32(19-27-9-13-29(62)14-10-27)54-40(66)30(48)6-4-5-15-47/h7-14,17,24-25,30-34,38-39,60-62,73H,4-6,15-16,18-23,47-48H2,1-3H3,(H2,49,63)(H,50,69)(H,51,67)(H,52,68)(H,53,64)(H,54,66)(H,55,70)(H,56,72)(H,57,65)(H,58,71). The second-order valence-electron chi connectivity index (χ2n) is 17.2. The summed E-state index contributed by atoms with van der Waals surface area (Å²) in [6.07, 6.45) is -0.721. The summed E-state index contributed by atoms with van der Waals surface area (Å²) in [5.41, 5.74) is 18.0. The van der Waals surface area contributed by atoms with E-state index in [4.69, 9.17) is 17.2 Å². The quantitative estimate of drug-likeness (QED) is 0.0185. The highest BCUT2D eigenvalue weighted by atomic mass is 32.1. The number of primary amides is 1. The maximum Gasteiger partial charge on any atom is 0.245 e. The maximum absolute atomic E-state index is 14.0. The molecule has 0 aliphatic carbocycles. The SMILES string of the molecule is CC(C)C(NC(=O)CNC(=O)C(CC(N)=O)NC(=O)CNC(=O)C(Cc1ccc(O)cc1)NC(=O)C(Cc1ccc(O)cc1)NC(=O)C(N)CCCCN)C(=O)NC(C(=O)NC(CS)C(=O)NCC=O)C(C)O. The molecule has 8 unspecified atom stereocenters. The third kappa shape index (κ3) is 22.7. The number of phenolic OH excluding ortho intramolecular Hbond substituents is 2. The molecule has 0 heterocycles. The fourth-order valence-electron chi connectivity index (χ4n) is 6.71. The van der Waals surface area contributed by atoms with Crippen molar-refractivity contribution in [2.75, 3.05) is 31.9 Å². The lowest BCUT2D eigenvalue weighted by molar-refractivity contribution is -0.136. The number of nitrogens with two attached hydrogens (primary N) is 3. The monoisotopic (exact) mass is 1040 g/mol. The molecular formula is C46H68N12O14S. The van der Waals surface area contributed by atoms with Gasteiger partial charge in [-0.05, 0) is 67.6 Å². The maximum atomic E-state index is 14.0. The molecule has 0 fully saturated rings. The van der Waals surface area contributed by atoms with Crippen molar-refractivity contribution in [3.63, 3.8) is 0 Å². The van der Waals surface area contributed by atoms with Gasteiger partial charge in [0.25, 0.3) is 0 Å². The Balaban J connectivity index is 2.18. The van der Waals surface area contributed by atoms with E-state index < -0.39 is 133 Å². The van der Waals surface area contributed by atoms with Gasteiger partial charge in [-0.15, -0.1) is 0 Å². The van der Waals surface area contributed by atoms with Gasteiger partial charge < -0.3 is 85.2 Å². The van der Waals surface area contributed by atoms with Crippen LogP contribution in [0, 0.1) is 5.92 Å². The molecule has 27 heteroatoms. The number of carbonyl (C=O) groups excluding carboxylic acids is 11. The van der Waals surface area contributed by atoms with E-state index >= 15 is 0 Å². The molecule has 0 radical (unpaired) electrons. The number of aliphatic hydroxyl groups is 1. The lowest BCUT2D eigenvalue weighted by Crippen LogP contribution is -2.61. The van der Waals surface area contributed by atoms with Crippen molar-refractivity contribution in [1.29, 1.82) is 0 Å². The number of aromatic hydroxyl groups is 2. The van der Waals surface area contributed by atoms with Crippen molar-refractivity contribution in [3.05, 3.63) is 59.7 Å². The van der Waals surface area contributed by atoms with Gasteiger partial charge in [-0.2, -0.15) is 12.6 Å². The molecule has 0 saturated heterocycles. The average Bonchev–Trinajstić information content (AvgIpc) is 3.34. The van der Waals surface area contributed by atoms with Crippen molar-refractivity contribution in [2.45, 2.75) is 108 Å². The predicted octanol–water partition coefficient (Wildman–Crippen LogP) is -5.36. The number of nitrogens with one attached hydrogen (secondary N) is 9. The van der Waals surface area contributed by atoms with Crippen molar-refractivity contribution in [1.82, 2.24) is 47.9 Å². The minimum Gasteiger partial charge on any atom is -0.508 e. The van der Waals surface area contributed by atoms with E-state index in [1.54, 1.807) is 0 Å². The number of carbonyl (C=O) groups is 11. The number of benzene rings is 2. The zero-order valence-electron chi connectivity index (χ0n) is 40.7. The smallest absolute Gasteiger partial charge is 0.245 e. The van der Waals surface area contributed by atoms with Crippen LogP contribution in [0.3, 0.4) is 0 Å². The lowest BCUT2D eigenvalue weighted by Gasteiger charge is -2.27. The van der Waals surface area contributed by atoms with Crippen LogP contribution in [0.4, 0.5) is 0 Å². The highest BCUT2D eigenvalue weighted by molar-refractivity contribution is 7.80. The molecule has 10 amide bonds. The van der Waals surface area contributed by atoms with E-state index in [2.05, 4.69) is 60.5 Å². The van der Waals surface area contributed by atoms with Crippen molar-refractivity contribution < 1.29 is 68.1 Å². The number of hydrogen-bond donors (Lipinski definition) is 16. The summed E-state index contributed by atoms with van der Waals surface area (Å²) < 4.78 is 0. The summed E-state index contributed by atoms with van der Waals surface area (Å²) in [6, 6.07) is 1.83. The van der Waals surface area contributed by atoms with Crippen molar-refractivity contribution in [2.24, 2.45) is 23.1 Å². The molecule has 0 aliphatic rings.